The first-order chi connectivity index (χ1) is 8.83. The molecule has 0 bridgehead atoms. The molecule has 0 radical (unpaired) electrons. The van der Waals surface area contributed by atoms with Crippen LogP contribution in [0.1, 0.15) is 50.6 Å². The zero-order chi connectivity index (χ0) is 12.8. The van der Waals surface area contributed by atoms with Crippen LogP contribution in [0.3, 0.4) is 0 Å². The standard InChI is InChI=1S/C16H22N2/c1-2-3-4-5-11-15(17)14-10-6-8-13-9-7-12-18-16(13)14/h6-10,12,15H,2-5,11,17H2,1H3. The molecule has 18 heavy (non-hydrogen) atoms. The maximum atomic E-state index is 6.30. The molecule has 0 aliphatic carbocycles. The summed E-state index contributed by atoms with van der Waals surface area (Å²) in [4.78, 5) is 4.47. The van der Waals surface area contributed by atoms with Crippen LogP contribution in [0.5, 0.6) is 0 Å². The quantitative estimate of drug-likeness (QED) is 0.771. The van der Waals surface area contributed by atoms with Crippen LogP contribution in [-0.4, -0.2) is 4.98 Å². The summed E-state index contributed by atoms with van der Waals surface area (Å²) in [6, 6.07) is 10.5. The SMILES string of the molecule is CCCCCCC(N)c1cccc2cccnc12. The topological polar surface area (TPSA) is 38.9 Å². The number of unbranched alkanes of at least 4 members (excludes halogenated alkanes) is 3. The average Bonchev–Trinajstić information content (AvgIpc) is 2.43. The van der Waals surface area contributed by atoms with Gasteiger partial charge in [0.15, 0.2) is 0 Å². The van der Waals surface area contributed by atoms with Crippen LogP contribution < -0.4 is 5.73 Å². The van der Waals surface area contributed by atoms with Crippen molar-refractivity contribution in [2.75, 3.05) is 0 Å². The second kappa shape index (κ2) is 6.50. The van der Waals surface area contributed by atoms with Gasteiger partial charge in [-0.3, -0.25) is 4.98 Å². The highest BCUT2D eigenvalue weighted by Crippen LogP contribution is 2.24. The van der Waals surface area contributed by atoms with Gasteiger partial charge in [0.1, 0.15) is 0 Å². The van der Waals surface area contributed by atoms with E-state index in [0.717, 1.165) is 11.9 Å². The number of nitrogens with zero attached hydrogens (tertiary/aromatic N) is 1. The lowest BCUT2D eigenvalue weighted by Crippen LogP contribution is -2.11. The number of benzene rings is 1. The van der Waals surface area contributed by atoms with Gasteiger partial charge >= 0.3 is 0 Å². The summed E-state index contributed by atoms with van der Waals surface area (Å²) in [7, 11) is 0. The molecule has 0 spiro atoms. The average molecular weight is 242 g/mol. The minimum atomic E-state index is 0.112. The molecule has 1 heterocycles. The van der Waals surface area contributed by atoms with E-state index in [1.807, 2.05) is 12.3 Å². The fourth-order valence-corrected chi connectivity index (χ4v) is 2.37. The summed E-state index contributed by atoms with van der Waals surface area (Å²) >= 11 is 0. The molecule has 0 saturated heterocycles. The van der Waals surface area contributed by atoms with Gasteiger partial charge in [-0.05, 0) is 18.1 Å². The van der Waals surface area contributed by atoms with E-state index in [0.29, 0.717) is 0 Å². The number of hydrogen-bond donors (Lipinski definition) is 1. The minimum Gasteiger partial charge on any atom is -0.324 e. The molecule has 1 aromatic heterocycles. The Hall–Kier alpha value is -1.41. The van der Waals surface area contributed by atoms with E-state index < -0.39 is 0 Å². The Kier molecular flexibility index (Phi) is 4.71. The van der Waals surface area contributed by atoms with E-state index in [1.165, 1.54) is 36.6 Å². The van der Waals surface area contributed by atoms with Crippen molar-refractivity contribution in [1.29, 1.82) is 0 Å². The highest BCUT2D eigenvalue weighted by Gasteiger charge is 2.09. The Balaban J connectivity index is 2.10. The normalized spacial score (nSPS) is 12.8. The second-order valence-corrected chi connectivity index (χ2v) is 4.88. The molecule has 0 aliphatic heterocycles. The van der Waals surface area contributed by atoms with Gasteiger partial charge in [-0.1, -0.05) is 56.9 Å². The van der Waals surface area contributed by atoms with Crippen molar-refractivity contribution in [2.24, 2.45) is 5.73 Å². The molecule has 1 aromatic carbocycles. The summed E-state index contributed by atoms with van der Waals surface area (Å²) < 4.78 is 0. The van der Waals surface area contributed by atoms with Crippen LogP contribution in [0, 0.1) is 0 Å². The fourth-order valence-electron chi connectivity index (χ4n) is 2.37. The molecule has 2 heteroatoms. The zero-order valence-corrected chi connectivity index (χ0v) is 11.1. The van der Waals surface area contributed by atoms with Gasteiger partial charge in [0.25, 0.3) is 0 Å². The van der Waals surface area contributed by atoms with E-state index in [4.69, 9.17) is 5.73 Å². The van der Waals surface area contributed by atoms with E-state index >= 15 is 0 Å². The highest BCUT2D eigenvalue weighted by molar-refractivity contribution is 5.81. The van der Waals surface area contributed by atoms with Crippen LogP contribution >= 0.6 is 0 Å². The Morgan fingerprint density at radius 2 is 1.94 bits per heavy atom. The number of hydrogen-bond acceptors (Lipinski definition) is 2. The number of fused-ring (bicyclic) bond motifs is 1. The van der Waals surface area contributed by atoms with Crippen molar-refractivity contribution in [1.82, 2.24) is 4.98 Å². The monoisotopic (exact) mass is 242 g/mol. The molecular weight excluding hydrogens is 220 g/mol. The lowest BCUT2D eigenvalue weighted by atomic mass is 9.98. The number of pyridine rings is 1. The first-order valence-electron chi connectivity index (χ1n) is 6.92. The molecule has 1 atom stereocenters. The molecule has 2 aromatic rings. The van der Waals surface area contributed by atoms with Gasteiger partial charge < -0.3 is 5.73 Å². The highest BCUT2D eigenvalue weighted by atomic mass is 14.7. The minimum absolute atomic E-state index is 0.112. The Morgan fingerprint density at radius 3 is 2.78 bits per heavy atom. The number of nitrogens with two attached hydrogens (primary N) is 1. The second-order valence-electron chi connectivity index (χ2n) is 4.88. The summed E-state index contributed by atoms with van der Waals surface area (Å²) in [6.07, 6.45) is 7.96. The maximum Gasteiger partial charge on any atom is 0.0749 e. The summed E-state index contributed by atoms with van der Waals surface area (Å²) in [5.41, 5.74) is 8.55. The third-order valence-corrected chi connectivity index (χ3v) is 3.43. The Morgan fingerprint density at radius 1 is 1.11 bits per heavy atom. The lowest BCUT2D eigenvalue weighted by Gasteiger charge is -2.13. The zero-order valence-electron chi connectivity index (χ0n) is 11.1. The molecule has 0 aliphatic rings. The van der Waals surface area contributed by atoms with Gasteiger partial charge in [0.2, 0.25) is 0 Å². The van der Waals surface area contributed by atoms with Crippen molar-refractivity contribution < 1.29 is 0 Å². The van der Waals surface area contributed by atoms with Gasteiger partial charge in [-0.25, -0.2) is 0 Å². The molecule has 0 fully saturated rings. The van der Waals surface area contributed by atoms with E-state index in [1.54, 1.807) is 0 Å². The molecule has 0 saturated carbocycles. The molecule has 96 valence electrons. The van der Waals surface area contributed by atoms with Crippen molar-refractivity contribution in [2.45, 2.75) is 45.1 Å². The maximum absolute atomic E-state index is 6.30. The summed E-state index contributed by atoms with van der Waals surface area (Å²) in [6.45, 7) is 2.23. The van der Waals surface area contributed by atoms with Crippen LogP contribution in [0.15, 0.2) is 36.5 Å². The Bertz CT molecular complexity index is 488. The molecule has 2 N–H and O–H groups in total. The van der Waals surface area contributed by atoms with Crippen molar-refractivity contribution >= 4 is 10.9 Å². The van der Waals surface area contributed by atoms with Crippen LogP contribution in [0.4, 0.5) is 0 Å². The smallest absolute Gasteiger partial charge is 0.0749 e. The predicted octanol–water partition coefficient (Wildman–Crippen LogP) is 4.21. The van der Waals surface area contributed by atoms with Crippen LogP contribution in [0.2, 0.25) is 0 Å². The first kappa shape index (κ1) is 13.0. The van der Waals surface area contributed by atoms with E-state index in [2.05, 4.69) is 36.2 Å². The lowest BCUT2D eigenvalue weighted by molar-refractivity contribution is 0.568. The first-order valence-corrected chi connectivity index (χ1v) is 6.92. The fraction of sp³-hybridized carbons (Fsp3) is 0.438. The number of rotatable bonds is 6. The predicted molar refractivity (Wildman–Crippen MR) is 77.4 cm³/mol. The third-order valence-electron chi connectivity index (χ3n) is 3.43. The van der Waals surface area contributed by atoms with Crippen molar-refractivity contribution in [3.63, 3.8) is 0 Å². The van der Waals surface area contributed by atoms with Gasteiger partial charge in [-0.2, -0.15) is 0 Å². The molecule has 1 unspecified atom stereocenters. The Labute approximate surface area is 109 Å². The third kappa shape index (κ3) is 3.08. The molecule has 2 nitrogen and oxygen atoms in total. The van der Waals surface area contributed by atoms with Gasteiger partial charge in [0, 0.05) is 17.6 Å². The molecule has 0 amide bonds. The van der Waals surface area contributed by atoms with Gasteiger partial charge in [-0.15, -0.1) is 0 Å². The largest absolute Gasteiger partial charge is 0.324 e. The van der Waals surface area contributed by atoms with E-state index in [-0.39, 0.29) is 6.04 Å². The van der Waals surface area contributed by atoms with Crippen molar-refractivity contribution in [3.8, 4) is 0 Å². The summed E-state index contributed by atoms with van der Waals surface area (Å²) in [5, 5.41) is 1.18. The van der Waals surface area contributed by atoms with Crippen LogP contribution in [-0.2, 0) is 0 Å². The van der Waals surface area contributed by atoms with E-state index in [9.17, 15) is 0 Å². The van der Waals surface area contributed by atoms with Gasteiger partial charge in [0.05, 0.1) is 5.52 Å². The number of aromatic nitrogens is 1. The molecular formula is C16H22N2. The molecule has 2 rings (SSSR count). The summed E-state index contributed by atoms with van der Waals surface area (Å²) in [5.74, 6) is 0. The van der Waals surface area contributed by atoms with Crippen LogP contribution in [0.25, 0.3) is 10.9 Å². The number of para-hydroxylation sites is 1. The van der Waals surface area contributed by atoms with Crippen molar-refractivity contribution in [3.05, 3.63) is 42.1 Å².